The molecule has 1 aromatic rings. The number of amides is 1. The molecule has 0 saturated carbocycles. The summed E-state index contributed by atoms with van der Waals surface area (Å²) < 4.78 is 0.737. The van der Waals surface area contributed by atoms with Gasteiger partial charge in [0.15, 0.2) is 0 Å². The van der Waals surface area contributed by atoms with Crippen molar-refractivity contribution in [3.63, 3.8) is 0 Å². The number of carbonyl (C=O) groups excluding carboxylic acids is 1. The third-order valence-corrected chi connectivity index (χ3v) is 3.39. The standard InChI is InChI=1S/C11H13BrClNO/c1-3-7(2)14-11(15)8-4-5-10(13)9(12)6-8/h4-7H,3H2,1-2H3,(H,14,15). The molecule has 0 fully saturated rings. The summed E-state index contributed by atoms with van der Waals surface area (Å²) in [6.07, 6.45) is 0.917. The molecule has 0 aliphatic carbocycles. The van der Waals surface area contributed by atoms with Gasteiger partial charge in [0.05, 0.1) is 5.02 Å². The van der Waals surface area contributed by atoms with Crippen LogP contribution in [0.15, 0.2) is 22.7 Å². The molecule has 0 bridgehead atoms. The van der Waals surface area contributed by atoms with E-state index in [1.54, 1.807) is 18.2 Å². The molecule has 0 saturated heterocycles. The lowest BCUT2D eigenvalue weighted by Crippen LogP contribution is -2.31. The first-order valence-corrected chi connectivity index (χ1v) is 5.97. The number of nitrogens with one attached hydrogen (secondary N) is 1. The van der Waals surface area contributed by atoms with Crippen molar-refractivity contribution in [1.29, 1.82) is 0 Å². The Labute approximate surface area is 103 Å². The normalized spacial score (nSPS) is 12.3. The fourth-order valence-electron chi connectivity index (χ4n) is 1.05. The Morgan fingerprint density at radius 2 is 2.27 bits per heavy atom. The Hall–Kier alpha value is -0.540. The zero-order valence-electron chi connectivity index (χ0n) is 8.68. The molecule has 1 unspecified atom stereocenters. The lowest BCUT2D eigenvalue weighted by molar-refractivity contribution is 0.0939. The highest BCUT2D eigenvalue weighted by molar-refractivity contribution is 9.10. The largest absolute Gasteiger partial charge is 0.350 e. The fraction of sp³-hybridized carbons (Fsp3) is 0.364. The second kappa shape index (κ2) is 5.52. The molecule has 1 N–H and O–H groups in total. The van der Waals surface area contributed by atoms with Crippen LogP contribution in [0.5, 0.6) is 0 Å². The van der Waals surface area contributed by atoms with Crippen molar-refractivity contribution in [1.82, 2.24) is 5.32 Å². The molecule has 1 amide bonds. The lowest BCUT2D eigenvalue weighted by Gasteiger charge is -2.11. The van der Waals surface area contributed by atoms with Gasteiger partial charge in [0.25, 0.3) is 5.91 Å². The van der Waals surface area contributed by atoms with Gasteiger partial charge in [0, 0.05) is 16.1 Å². The molecular formula is C11H13BrClNO. The highest BCUT2D eigenvalue weighted by atomic mass is 79.9. The second-order valence-electron chi connectivity index (χ2n) is 3.41. The van der Waals surface area contributed by atoms with Gasteiger partial charge in [-0.25, -0.2) is 0 Å². The number of hydrogen-bond donors (Lipinski definition) is 1. The van der Waals surface area contributed by atoms with E-state index >= 15 is 0 Å². The molecule has 0 spiro atoms. The van der Waals surface area contributed by atoms with Gasteiger partial charge in [0.1, 0.15) is 0 Å². The number of halogens is 2. The Morgan fingerprint density at radius 1 is 1.60 bits per heavy atom. The molecule has 1 rings (SSSR count). The molecule has 15 heavy (non-hydrogen) atoms. The molecule has 4 heteroatoms. The number of benzene rings is 1. The van der Waals surface area contributed by atoms with Crippen LogP contribution < -0.4 is 5.32 Å². The van der Waals surface area contributed by atoms with E-state index in [9.17, 15) is 4.79 Å². The van der Waals surface area contributed by atoms with Crippen molar-refractivity contribution in [2.45, 2.75) is 26.3 Å². The minimum atomic E-state index is -0.0679. The molecular weight excluding hydrogens is 277 g/mol. The fourth-order valence-corrected chi connectivity index (χ4v) is 1.54. The molecule has 82 valence electrons. The summed E-state index contributed by atoms with van der Waals surface area (Å²) in [6, 6.07) is 5.33. The average molecular weight is 291 g/mol. The minimum absolute atomic E-state index is 0.0679. The van der Waals surface area contributed by atoms with Gasteiger partial charge in [0.2, 0.25) is 0 Å². The Balaban J connectivity index is 2.78. The monoisotopic (exact) mass is 289 g/mol. The van der Waals surface area contributed by atoms with E-state index in [0.29, 0.717) is 10.6 Å². The molecule has 1 aromatic carbocycles. The smallest absolute Gasteiger partial charge is 0.251 e. The van der Waals surface area contributed by atoms with E-state index in [1.807, 2.05) is 13.8 Å². The van der Waals surface area contributed by atoms with Crippen LogP contribution >= 0.6 is 27.5 Å². The van der Waals surface area contributed by atoms with E-state index in [-0.39, 0.29) is 11.9 Å². The zero-order valence-corrected chi connectivity index (χ0v) is 11.0. The summed E-state index contributed by atoms with van der Waals surface area (Å²) in [4.78, 5) is 11.7. The maximum Gasteiger partial charge on any atom is 0.251 e. The summed E-state index contributed by atoms with van der Waals surface area (Å²) in [5.74, 6) is -0.0679. The maximum absolute atomic E-state index is 11.7. The number of rotatable bonds is 3. The SMILES string of the molecule is CCC(C)NC(=O)c1ccc(Cl)c(Br)c1. The molecule has 1 atom stereocenters. The van der Waals surface area contributed by atoms with Crippen LogP contribution in [0.4, 0.5) is 0 Å². The first-order valence-electron chi connectivity index (χ1n) is 4.80. The molecule has 0 aliphatic rings. The van der Waals surface area contributed by atoms with Gasteiger partial charge >= 0.3 is 0 Å². The van der Waals surface area contributed by atoms with E-state index in [1.165, 1.54) is 0 Å². The van der Waals surface area contributed by atoms with Crippen molar-refractivity contribution in [2.24, 2.45) is 0 Å². The summed E-state index contributed by atoms with van der Waals surface area (Å²) in [6.45, 7) is 4.01. The predicted molar refractivity (Wildman–Crippen MR) is 66.4 cm³/mol. The Bertz CT molecular complexity index is 368. The van der Waals surface area contributed by atoms with Gasteiger partial charge in [-0.1, -0.05) is 18.5 Å². The quantitative estimate of drug-likeness (QED) is 0.905. The maximum atomic E-state index is 11.7. The summed E-state index contributed by atoms with van der Waals surface area (Å²) >= 11 is 9.13. The van der Waals surface area contributed by atoms with Crippen LogP contribution in [0.1, 0.15) is 30.6 Å². The molecule has 0 radical (unpaired) electrons. The first-order chi connectivity index (χ1) is 7.04. The zero-order chi connectivity index (χ0) is 11.4. The molecule has 2 nitrogen and oxygen atoms in total. The van der Waals surface area contributed by atoms with E-state index < -0.39 is 0 Å². The topological polar surface area (TPSA) is 29.1 Å². The molecule has 0 aliphatic heterocycles. The Kier molecular flexibility index (Phi) is 4.61. The number of hydrogen-bond acceptors (Lipinski definition) is 1. The summed E-state index contributed by atoms with van der Waals surface area (Å²) in [5.41, 5.74) is 0.617. The highest BCUT2D eigenvalue weighted by Crippen LogP contribution is 2.23. The third-order valence-electron chi connectivity index (χ3n) is 2.17. The van der Waals surface area contributed by atoms with Crippen LogP contribution in [-0.4, -0.2) is 11.9 Å². The van der Waals surface area contributed by atoms with Gasteiger partial charge in [-0.3, -0.25) is 4.79 Å². The summed E-state index contributed by atoms with van der Waals surface area (Å²) in [7, 11) is 0. The van der Waals surface area contributed by atoms with Crippen LogP contribution in [0.2, 0.25) is 5.02 Å². The van der Waals surface area contributed by atoms with Crippen LogP contribution in [0.3, 0.4) is 0 Å². The van der Waals surface area contributed by atoms with Crippen LogP contribution in [-0.2, 0) is 0 Å². The van der Waals surface area contributed by atoms with Crippen molar-refractivity contribution >= 4 is 33.4 Å². The molecule has 0 aromatic heterocycles. The van der Waals surface area contributed by atoms with Gasteiger partial charge in [-0.05, 0) is 47.5 Å². The predicted octanol–water partition coefficient (Wildman–Crippen LogP) is 3.63. The third kappa shape index (κ3) is 3.50. The lowest BCUT2D eigenvalue weighted by atomic mass is 10.2. The van der Waals surface area contributed by atoms with E-state index in [2.05, 4.69) is 21.2 Å². The minimum Gasteiger partial charge on any atom is -0.350 e. The highest BCUT2D eigenvalue weighted by Gasteiger charge is 2.09. The first kappa shape index (κ1) is 12.5. The van der Waals surface area contributed by atoms with Crippen LogP contribution in [0.25, 0.3) is 0 Å². The van der Waals surface area contributed by atoms with Gasteiger partial charge in [-0.2, -0.15) is 0 Å². The van der Waals surface area contributed by atoms with Crippen LogP contribution in [0, 0.1) is 0 Å². The summed E-state index contributed by atoms with van der Waals surface area (Å²) in [5, 5.41) is 3.50. The van der Waals surface area contributed by atoms with Gasteiger partial charge < -0.3 is 5.32 Å². The second-order valence-corrected chi connectivity index (χ2v) is 4.67. The average Bonchev–Trinajstić information content (AvgIpc) is 2.21. The van der Waals surface area contributed by atoms with Crippen molar-refractivity contribution in [3.05, 3.63) is 33.3 Å². The Morgan fingerprint density at radius 3 is 2.80 bits per heavy atom. The number of carbonyl (C=O) groups is 1. The van der Waals surface area contributed by atoms with Gasteiger partial charge in [-0.15, -0.1) is 0 Å². The van der Waals surface area contributed by atoms with Crippen molar-refractivity contribution in [2.75, 3.05) is 0 Å². The van der Waals surface area contributed by atoms with Crippen molar-refractivity contribution < 1.29 is 4.79 Å². The van der Waals surface area contributed by atoms with E-state index in [0.717, 1.165) is 10.9 Å². The molecule has 0 heterocycles. The van der Waals surface area contributed by atoms with Crippen molar-refractivity contribution in [3.8, 4) is 0 Å². The van der Waals surface area contributed by atoms with E-state index in [4.69, 9.17) is 11.6 Å².